The zero-order chi connectivity index (χ0) is 18.6. The molecule has 0 aromatic rings. The maximum Gasteiger partial charge on any atom is 0.235 e. The van der Waals surface area contributed by atoms with Crippen LogP contribution in [0.25, 0.3) is 0 Å². The molecule has 0 aliphatic heterocycles. The van der Waals surface area contributed by atoms with E-state index in [2.05, 4.69) is 30.8 Å². The Morgan fingerprint density at radius 3 is 1.74 bits per heavy atom. The van der Waals surface area contributed by atoms with E-state index in [0.29, 0.717) is 6.54 Å². The van der Waals surface area contributed by atoms with Crippen molar-refractivity contribution in [3.63, 3.8) is 0 Å². The van der Waals surface area contributed by atoms with Gasteiger partial charge in [0.15, 0.2) is 0 Å². The van der Waals surface area contributed by atoms with E-state index in [1.54, 1.807) is 12.2 Å². The highest BCUT2D eigenvalue weighted by atomic mass is 16.1. The average molecular weight is 322 g/mol. The molecule has 2 N–H and O–H groups in total. The molecule has 2 unspecified atom stereocenters. The maximum atomic E-state index is 10.5. The summed E-state index contributed by atoms with van der Waals surface area (Å²) in [6.07, 6.45) is 7.35. The molecule has 0 saturated heterocycles. The Labute approximate surface area is 135 Å². The number of rotatable bonds is 3. The summed E-state index contributed by atoms with van der Waals surface area (Å²) in [7, 11) is 0. The summed E-state index contributed by atoms with van der Waals surface area (Å²) in [5.74, 6) is 0. The van der Waals surface area contributed by atoms with Crippen LogP contribution >= 0.6 is 0 Å². The minimum absolute atomic E-state index is 0.0838. The Bertz CT molecular complexity index is 538. The summed E-state index contributed by atoms with van der Waals surface area (Å²) in [6, 6.07) is 0. The van der Waals surface area contributed by atoms with E-state index in [1.165, 1.54) is 0 Å². The van der Waals surface area contributed by atoms with E-state index in [0.717, 1.165) is 31.4 Å². The van der Waals surface area contributed by atoms with Crippen LogP contribution in [0, 0.1) is 21.6 Å². The fraction of sp³-hybridized carbons (Fsp3) is 0.733. The van der Waals surface area contributed by atoms with E-state index in [-0.39, 0.29) is 10.8 Å². The number of carbonyl (C=O) groups excluding carboxylic acids is 4. The van der Waals surface area contributed by atoms with E-state index in [4.69, 9.17) is 20.4 Å². The molecule has 1 rings (SSSR count). The van der Waals surface area contributed by atoms with Crippen molar-refractivity contribution in [2.24, 2.45) is 20.8 Å². The molecule has 0 amide bonds. The van der Waals surface area contributed by atoms with Gasteiger partial charge in [0.2, 0.25) is 24.3 Å². The topological polar surface area (TPSA) is 141 Å². The lowest BCUT2D eigenvalue weighted by Gasteiger charge is -2.48. The summed E-state index contributed by atoms with van der Waals surface area (Å²) < 4.78 is 0. The van der Waals surface area contributed by atoms with Gasteiger partial charge in [-0.2, -0.15) is 4.99 Å². The molecule has 0 bridgehead atoms. The molecule has 23 heavy (non-hydrogen) atoms. The van der Waals surface area contributed by atoms with Gasteiger partial charge < -0.3 is 0 Å². The van der Waals surface area contributed by atoms with E-state index >= 15 is 0 Å². The molecule has 0 aromatic heterocycles. The predicted octanol–water partition coefficient (Wildman–Crippen LogP) is 2.44. The third-order valence-electron chi connectivity index (χ3n) is 3.41. The van der Waals surface area contributed by atoms with Gasteiger partial charge in [-0.25, -0.2) is 35.0 Å². The second-order valence-corrected chi connectivity index (χ2v) is 6.82. The Hall–Kier alpha value is -2.48. The van der Waals surface area contributed by atoms with Crippen LogP contribution in [0.4, 0.5) is 0 Å². The third kappa shape index (κ3) is 9.97. The van der Waals surface area contributed by atoms with Crippen LogP contribution in [-0.2, 0) is 19.2 Å². The van der Waals surface area contributed by atoms with Crippen molar-refractivity contribution in [3.8, 4) is 0 Å². The van der Waals surface area contributed by atoms with Gasteiger partial charge in [-0.1, -0.05) is 20.8 Å². The lowest BCUT2D eigenvalue weighted by atomic mass is 9.58. The summed E-state index contributed by atoms with van der Waals surface area (Å²) in [6.45, 7) is 8.83. The highest BCUT2D eigenvalue weighted by Gasteiger charge is 2.47. The zero-order valence-electron chi connectivity index (χ0n) is 13.9. The van der Waals surface area contributed by atoms with Crippen LogP contribution in [0.3, 0.4) is 0 Å². The molecule has 126 valence electrons. The molecule has 1 saturated carbocycles. The van der Waals surface area contributed by atoms with Gasteiger partial charge in [0, 0.05) is 0 Å². The third-order valence-corrected chi connectivity index (χ3v) is 3.41. The van der Waals surface area contributed by atoms with Gasteiger partial charge >= 0.3 is 0 Å². The minimum Gasteiger partial charge on any atom is -0.222 e. The molecule has 1 aliphatic rings. The first kappa shape index (κ1) is 22.8. The van der Waals surface area contributed by atoms with Crippen molar-refractivity contribution in [1.29, 1.82) is 10.8 Å². The van der Waals surface area contributed by atoms with Crippen LogP contribution in [0.15, 0.2) is 9.98 Å². The van der Waals surface area contributed by atoms with Gasteiger partial charge in [0.1, 0.15) is 0 Å². The van der Waals surface area contributed by atoms with Crippen molar-refractivity contribution in [2.75, 3.05) is 6.54 Å². The first-order valence-electron chi connectivity index (χ1n) is 6.78. The summed E-state index contributed by atoms with van der Waals surface area (Å²) in [4.78, 5) is 45.2. The maximum absolute atomic E-state index is 10.5. The first-order chi connectivity index (χ1) is 10.6. The number of hydrogen-bond donors (Lipinski definition) is 2. The Balaban J connectivity index is 0. The van der Waals surface area contributed by atoms with Gasteiger partial charge in [0.05, 0.1) is 12.1 Å². The van der Waals surface area contributed by atoms with Crippen LogP contribution in [0.1, 0.15) is 47.0 Å². The molecule has 8 nitrogen and oxygen atoms in total. The fourth-order valence-electron chi connectivity index (χ4n) is 3.82. The lowest BCUT2D eigenvalue weighted by molar-refractivity contribution is 0.0518. The number of aliphatic imine (C=N–C) groups is 2. The molecule has 8 heteroatoms. The van der Waals surface area contributed by atoms with E-state index in [1.807, 2.05) is 6.92 Å². The van der Waals surface area contributed by atoms with Crippen LogP contribution in [-0.4, -0.2) is 36.4 Å². The normalized spacial score (nSPS) is 27.0. The Kier molecular flexibility index (Phi) is 10.2. The quantitative estimate of drug-likeness (QED) is 0.608. The molecule has 0 radical (unpaired) electrons. The molecular weight excluding hydrogens is 300 g/mol. The number of hydrogen-bond acceptors (Lipinski definition) is 8. The molecule has 0 heterocycles. The van der Waals surface area contributed by atoms with Crippen LogP contribution < -0.4 is 0 Å². The second kappa shape index (κ2) is 10.3. The number of nitrogens with one attached hydrogen (secondary N) is 2. The number of isocyanates is 4. The highest BCUT2D eigenvalue weighted by molar-refractivity contribution is 5.35. The van der Waals surface area contributed by atoms with E-state index in [9.17, 15) is 9.59 Å². The Morgan fingerprint density at radius 1 is 0.870 bits per heavy atom. The monoisotopic (exact) mass is 322 g/mol. The Morgan fingerprint density at radius 2 is 1.35 bits per heavy atom. The van der Waals surface area contributed by atoms with Gasteiger partial charge in [-0.3, -0.25) is 0 Å². The molecule has 0 spiro atoms. The predicted molar refractivity (Wildman–Crippen MR) is 82.1 cm³/mol. The standard InChI is InChI=1S/C13H20N2O2.2CHNO/c1-11(2)5-12(3,8-14-9-16)7-13(4,6-11)15-10-17;2*2-1-3/h5-8H2,1-4H3;2*2H. The molecule has 1 fully saturated rings. The molecule has 0 aromatic carbocycles. The second-order valence-electron chi connectivity index (χ2n) is 6.82. The van der Waals surface area contributed by atoms with Crippen molar-refractivity contribution in [1.82, 2.24) is 0 Å². The van der Waals surface area contributed by atoms with Crippen LogP contribution in [0.2, 0.25) is 0 Å². The summed E-state index contributed by atoms with van der Waals surface area (Å²) in [5.41, 5.74) is -0.411. The van der Waals surface area contributed by atoms with Gasteiger partial charge in [0.25, 0.3) is 0 Å². The minimum atomic E-state index is -0.392. The smallest absolute Gasteiger partial charge is 0.222 e. The SMILES string of the molecule is CC1(C)CC(C)(CN=C=O)CC(C)(N=C=O)C1.N=C=O.N=C=O. The first-order valence-corrected chi connectivity index (χ1v) is 6.78. The van der Waals surface area contributed by atoms with Crippen molar-refractivity contribution in [2.45, 2.75) is 52.5 Å². The molecular formula is C15H22N4O4. The highest BCUT2D eigenvalue weighted by Crippen LogP contribution is 2.51. The van der Waals surface area contributed by atoms with Gasteiger partial charge in [-0.15, -0.1) is 0 Å². The summed E-state index contributed by atoms with van der Waals surface area (Å²) >= 11 is 0. The van der Waals surface area contributed by atoms with Crippen LogP contribution in [0.5, 0.6) is 0 Å². The lowest BCUT2D eigenvalue weighted by Crippen LogP contribution is -2.45. The largest absolute Gasteiger partial charge is 0.235 e. The summed E-state index contributed by atoms with van der Waals surface area (Å²) in [5, 5.41) is 10.8. The van der Waals surface area contributed by atoms with Crippen molar-refractivity contribution >= 4 is 24.3 Å². The van der Waals surface area contributed by atoms with Crippen molar-refractivity contribution < 1.29 is 19.2 Å². The fourth-order valence-corrected chi connectivity index (χ4v) is 3.82. The van der Waals surface area contributed by atoms with Crippen molar-refractivity contribution in [3.05, 3.63) is 0 Å². The molecule has 1 aliphatic carbocycles. The van der Waals surface area contributed by atoms with E-state index < -0.39 is 5.54 Å². The average Bonchev–Trinajstić information content (AvgIpc) is 2.35. The molecule has 2 atom stereocenters. The number of nitrogens with zero attached hydrogens (tertiary/aromatic N) is 2. The zero-order valence-corrected chi connectivity index (χ0v) is 13.9. The van der Waals surface area contributed by atoms with Gasteiger partial charge in [-0.05, 0) is 37.0 Å².